The average molecular weight is 327 g/mol. The van der Waals surface area contributed by atoms with Crippen LogP contribution in [0.5, 0.6) is 11.5 Å². The van der Waals surface area contributed by atoms with Gasteiger partial charge in [0, 0.05) is 25.3 Å². The molecule has 24 heavy (non-hydrogen) atoms. The van der Waals surface area contributed by atoms with Crippen LogP contribution in [0.25, 0.3) is 0 Å². The van der Waals surface area contributed by atoms with E-state index in [4.69, 9.17) is 14.2 Å². The van der Waals surface area contributed by atoms with Crippen LogP contribution in [0.4, 0.5) is 0 Å². The van der Waals surface area contributed by atoms with E-state index in [9.17, 15) is 0 Å². The Morgan fingerprint density at radius 3 is 2.75 bits per heavy atom. The number of benzene rings is 2. The molecule has 128 valence electrons. The van der Waals surface area contributed by atoms with Crippen molar-refractivity contribution in [3.05, 3.63) is 59.7 Å². The maximum absolute atomic E-state index is 6.07. The van der Waals surface area contributed by atoms with Crippen molar-refractivity contribution in [3.8, 4) is 11.5 Å². The molecule has 1 aliphatic heterocycles. The number of hydrogen-bond donors (Lipinski definition) is 1. The molecule has 2 aromatic carbocycles. The molecule has 0 unspecified atom stereocenters. The summed E-state index contributed by atoms with van der Waals surface area (Å²) in [4.78, 5) is 0. The van der Waals surface area contributed by atoms with Crippen molar-refractivity contribution in [1.29, 1.82) is 0 Å². The maximum atomic E-state index is 6.07. The summed E-state index contributed by atoms with van der Waals surface area (Å²) in [7, 11) is 1.67. The van der Waals surface area contributed by atoms with Crippen molar-refractivity contribution < 1.29 is 14.2 Å². The second-order valence-electron chi connectivity index (χ2n) is 5.99. The van der Waals surface area contributed by atoms with Crippen LogP contribution in [-0.2, 0) is 17.9 Å². The largest absolute Gasteiger partial charge is 0.493 e. The Labute approximate surface area is 143 Å². The first-order chi connectivity index (χ1) is 11.9. The molecule has 0 amide bonds. The lowest BCUT2D eigenvalue weighted by molar-refractivity contribution is 0.110. The molecule has 0 bridgehead atoms. The van der Waals surface area contributed by atoms with Crippen LogP contribution in [0.3, 0.4) is 0 Å². The molecule has 0 spiro atoms. The molecule has 1 aliphatic rings. The molecule has 1 fully saturated rings. The first-order valence-electron chi connectivity index (χ1n) is 8.51. The normalized spacial score (nSPS) is 17.0. The second kappa shape index (κ2) is 8.71. The third kappa shape index (κ3) is 4.49. The Morgan fingerprint density at radius 2 is 2.00 bits per heavy atom. The summed E-state index contributed by atoms with van der Waals surface area (Å²) in [6, 6.07) is 16.2. The van der Waals surface area contributed by atoms with E-state index < -0.39 is 0 Å². The zero-order valence-corrected chi connectivity index (χ0v) is 14.2. The Morgan fingerprint density at radius 1 is 1.12 bits per heavy atom. The smallest absolute Gasteiger partial charge is 0.166 e. The first kappa shape index (κ1) is 16.8. The molecule has 0 aromatic heterocycles. The highest BCUT2D eigenvalue weighted by molar-refractivity contribution is 5.46. The molecule has 2 aromatic rings. The van der Waals surface area contributed by atoms with Gasteiger partial charge in [-0.15, -0.1) is 0 Å². The summed E-state index contributed by atoms with van der Waals surface area (Å²) in [6.45, 7) is 3.02. The molecule has 1 heterocycles. The summed E-state index contributed by atoms with van der Waals surface area (Å²) < 4.78 is 17.2. The molecule has 0 radical (unpaired) electrons. The first-order valence-corrected chi connectivity index (χ1v) is 8.51. The summed E-state index contributed by atoms with van der Waals surface area (Å²) >= 11 is 0. The van der Waals surface area contributed by atoms with Gasteiger partial charge in [0.1, 0.15) is 6.61 Å². The van der Waals surface area contributed by atoms with Crippen LogP contribution in [-0.4, -0.2) is 26.4 Å². The van der Waals surface area contributed by atoms with Gasteiger partial charge < -0.3 is 19.5 Å². The third-order valence-corrected chi connectivity index (χ3v) is 4.22. The minimum atomic E-state index is 0.337. The summed E-state index contributed by atoms with van der Waals surface area (Å²) in [6.07, 6.45) is 2.64. The highest BCUT2D eigenvalue weighted by Crippen LogP contribution is 2.31. The van der Waals surface area contributed by atoms with Gasteiger partial charge in [-0.3, -0.25) is 0 Å². The lowest BCUT2D eigenvalue weighted by Gasteiger charge is -2.16. The lowest BCUT2D eigenvalue weighted by Crippen LogP contribution is -2.26. The Balaban J connectivity index is 1.63. The van der Waals surface area contributed by atoms with Crippen LogP contribution in [0, 0.1) is 0 Å². The molecule has 1 N–H and O–H groups in total. The monoisotopic (exact) mass is 327 g/mol. The molecular weight excluding hydrogens is 302 g/mol. The van der Waals surface area contributed by atoms with Gasteiger partial charge in [-0.05, 0) is 24.5 Å². The molecule has 1 atom stereocenters. The van der Waals surface area contributed by atoms with Gasteiger partial charge in [-0.25, -0.2) is 0 Å². The quantitative estimate of drug-likeness (QED) is 0.805. The molecule has 4 heteroatoms. The number of ether oxygens (including phenoxy) is 3. The topological polar surface area (TPSA) is 39.7 Å². The fraction of sp³-hybridized carbons (Fsp3) is 0.400. The molecule has 3 rings (SSSR count). The highest BCUT2D eigenvalue weighted by atomic mass is 16.5. The number of methoxy groups -OCH3 is 1. The van der Waals surface area contributed by atoms with E-state index in [1.165, 1.54) is 0 Å². The van der Waals surface area contributed by atoms with E-state index in [2.05, 4.69) is 23.5 Å². The lowest BCUT2D eigenvalue weighted by atomic mass is 10.1. The van der Waals surface area contributed by atoms with Crippen LogP contribution in [0.1, 0.15) is 24.0 Å². The summed E-state index contributed by atoms with van der Waals surface area (Å²) in [5.41, 5.74) is 2.24. The fourth-order valence-electron chi connectivity index (χ4n) is 2.93. The SMILES string of the molecule is COc1cccc(CNC[C@H]2CCCO2)c1OCc1ccccc1. The standard InChI is InChI=1S/C20H25NO3/c1-22-19-11-5-9-17(13-21-14-18-10-6-12-23-18)20(19)24-15-16-7-3-2-4-8-16/h2-5,7-9,11,18,21H,6,10,12-15H2,1H3/t18-/m1/s1. The second-order valence-corrected chi connectivity index (χ2v) is 5.99. The van der Waals surface area contributed by atoms with Crippen LogP contribution >= 0.6 is 0 Å². The predicted molar refractivity (Wildman–Crippen MR) is 94.4 cm³/mol. The van der Waals surface area contributed by atoms with E-state index in [0.29, 0.717) is 12.7 Å². The zero-order valence-electron chi connectivity index (χ0n) is 14.2. The number of hydrogen-bond acceptors (Lipinski definition) is 4. The summed E-state index contributed by atoms with van der Waals surface area (Å²) in [5.74, 6) is 1.58. The van der Waals surface area contributed by atoms with Crippen molar-refractivity contribution in [2.24, 2.45) is 0 Å². The van der Waals surface area contributed by atoms with Gasteiger partial charge in [0.2, 0.25) is 0 Å². The molecule has 1 saturated heterocycles. The van der Waals surface area contributed by atoms with Gasteiger partial charge in [0.05, 0.1) is 13.2 Å². The van der Waals surface area contributed by atoms with Crippen molar-refractivity contribution >= 4 is 0 Å². The van der Waals surface area contributed by atoms with E-state index in [0.717, 1.165) is 55.2 Å². The van der Waals surface area contributed by atoms with Crippen LogP contribution in [0.15, 0.2) is 48.5 Å². The molecule has 0 saturated carbocycles. The Hall–Kier alpha value is -2.04. The molecule has 4 nitrogen and oxygen atoms in total. The van der Waals surface area contributed by atoms with Crippen molar-refractivity contribution in [1.82, 2.24) is 5.32 Å². The Bertz CT molecular complexity index is 624. The third-order valence-electron chi connectivity index (χ3n) is 4.22. The van der Waals surface area contributed by atoms with Gasteiger partial charge in [0.15, 0.2) is 11.5 Å². The van der Waals surface area contributed by atoms with E-state index in [1.54, 1.807) is 7.11 Å². The Kier molecular flexibility index (Phi) is 6.10. The fourth-order valence-corrected chi connectivity index (χ4v) is 2.93. The molecular formula is C20H25NO3. The van der Waals surface area contributed by atoms with Crippen molar-refractivity contribution in [2.45, 2.75) is 32.1 Å². The number of para-hydroxylation sites is 1. The average Bonchev–Trinajstić information content (AvgIpc) is 3.14. The van der Waals surface area contributed by atoms with Gasteiger partial charge in [-0.1, -0.05) is 42.5 Å². The van der Waals surface area contributed by atoms with Crippen LogP contribution < -0.4 is 14.8 Å². The predicted octanol–water partition coefficient (Wildman–Crippen LogP) is 3.54. The van der Waals surface area contributed by atoms with E-state index >= 15 is 0 Å². The molecule has 0 aliphatic carbocycles. The number of nitrogens with one attached hydrogen (secondary N) is 1. The zero-order chi connectivity index (χ0) is 16.6. The van der Waals surface area contributed by atoms with Gasteiger partial charge >= 0.3 is 0 Å². The van der Waals surface area contributed by atoms with E-state index in [-0.39, 0.29) is 0 Å². The van der Waals surface area contributed by atoms with Crippen LogP contribution in [0.2, 0.25) is 0 Å². The van der Waals surface area contributed by atoms with E-state index in [1.807, 2.05) is 30.3 Å². The highest BCUT2D eigenvalue weighted by Gasteiger charge is 2.16. The summed E-state index contributed by atoms with van der Waals surface area (Å²) in [5, 5.41) is 3.47. The van der Waals surface area contributed by atoms with Crippen molar-refractivity contribution in [3.63, 3.8) is 0 Å². The van der Waals surface area contributed by atoms with Crippen molar-refractivity contribution in [2.75, 3.05) is 20.3 Å². The minimum Gasteiger partial charge on any atom is -0.493 e. The van der Waals surface area contributed by atoms with Gasteiger partial charge in [-0.2, -0.15) is 0 Å². The number of rotatable bonds is 8. The minimum absolute atomic E-state index is 0.337. The maximum Gasteiger partial charge on any atom is 0.166 e. The van der Waals surface area contributed by atoms with Gasteiger partial charge in [0.25, 0.3) is 0 Å².